The van der Waals surface area contributed by atoms with E-state index in [4.69, 9.17) is 5.73 Å². The van der Waals surface area contributed by atoms with E-state index in [2.05, 4.69) is 9.97 Å². The minimum absolute atomic E-state index is 0.202. The molecule has 1 aromatic heterocycles. The lowest BCUT2D eigenvalue weighted by atomic mass is 10.3. The van der Waals surface area contributed by atoms with E-state index in [1.54, 1.807) is 6.92 Å². The average molecular weight is 191 g/mol. The van der Waals surface area contributed by atoms with Crippen molar-refractivity contribution >= 4 is 0 Å². The Hall–Kier alpha value is -1.17. The van der Waals surface area contributed by atoms with E-state index >= 15 is 0 Å². The van der Waals surface area contributed by atoms with Crippen molar-refractivity contribution in [2.75, 3.05) is 0 Å². The number of halogens is 3. The van der Waals surface area contributed by atoms with Crippen molar-refractivity contribution in [3.8, 4) is 0 Å². The van der Waals surface area contributed by atoms with Gasteiger partial charge in [-0.05, 0) is 6.92 Å². The van der Waals surface area contributed by atoms with Gasteiger partial charge in [-0.1, -0.05) is 0 Å². The van der Waals surface area contributed by atoms with Gasteiger partial charge in [-0.25, -0.2) is 9.97 Å². The first-order valence-electron chi connectivity index (χ1n) is 3.56. The number of nitrogens with zero attached hydrogens (tertiary/aromatic N) is 2. The van der Waals surface area contributed by atoms with Crippen LogP contribution in [0.25, 0.3) is 0 Å². The molecule has 0 aliphatic heterocycles. The maximum Gasteiger partial charge on any atom is 0.419 e. The van der Waals surface area contributed by atoms with Gasteiger partial charge in [0, 0.05) is 12.4 Å². The van der Waals surface area contributed by atoms with Gasteiger partial charge in [0.05, 0.1) is 11.6 Å². The highest BCUT2D eigenvalue weighted by atomic mass is 19.4. The highest BCUT2D eigenvalue weighted by Gasteiger charge is 2.31. The largest absolute Gasteiger partial charge is 0.419 e. The van der Waals surface area contributed by atoms with Crippen LogP contribution in [0.4, 0.5) is 13.2 Å². The molecule has 0 amide bonds. The summed E-state index contributed by atoms with van der Waals surface area (Å²) in [6.45, 7) is 1.60. The first-order valence-corrected chi connectivity index (χ1v) is 3.56. The number of nitrogens with two attached hydrogens (primary N) is 1. The molecule has 1 atom stereocenters. The van der Waals surface area contributed by atoms with Crippen LogP contribution >= 0.6 is 0 Å². The number of hydrogen-bond donors (Lipinski definition) is 1. The van der Waals surface area contributed by atoms with Crippen LogP contribution in [0.1, 0.15) is 24.4 Å². The number of hydrogen-bond acceptors (Lipinski definition) is 3. The van der Waals surface area contributed by atoms with Gasteiger partial charge in [0.15, 0.2) is 0 Å². The van der Waals surface area contributed by atoms with E-state index in [9.17, 15) is 13.2 Å². The Labute approximate surface area is 72.8 Å². The summed E-state index contributed by atoms with van der Waals surface area (Å²) in [5, 5.41) is 0. The van der Waals surface area contributed by atoms with Gasteiger partial charge >= 0.3 is 6.18 Å². The molecule has 0 aliphatic carbocycles. The SMILES string of the molecule is CC(N)c1ncc(C(F)(F)F)cn1. The summed E-state index contributed by atoms with van der Waals surface area (Å²) in [7, 11) is 0. The minimum Gasteiger partial charge on any atom is -0.322 e. The maximum absolute atomic E-state index is 12.0. The molecule has 0 aliphatic rings. The van der Waals surface area contributed by atoms with Crippen molar-refractivity contribution in [2.24, 2.45) is 5.73 Å². The van der Waals surface area contributed by atoms with Crippen molar-refractivity contribution in [3.63, 3.8) is 0 Å². The van der Waals surface area contributed by atoms with Crippen LogP contribution in [-0.2, 0) is 6.18 Å². The molecule has 1 heterocycles. The quantitative estimate of drug-likeness (QED) is 0.732. The van der Waals surface area contributed by atoms with Crippen LogP contribution in [0.2, 0.25) is 0 Å². The van der Waals surface area contributed by atoms with E-state index in [0.29, 0.717) is 0 Å². The molecule has 0 saturated heterocycles. The molecule has 13 heavy (non-hydrogen) atoms. The molecular weight excluding hydrogens is 183 g/mol. The summed E-state index contributed by atoms with van der Waals surface area (Å²) in [6.07, 6.45) is -2.94. The third kappa shape index (κ3) is 2.38. The standard InChI is InChI=1S/C7H8F3N3/c1-4(11)6-12-2-5(3-13-6)7(8,9)10/h2-4H,11H2,1H3. The second-order valence-corrected chi connectivity index (χ2v) is 2.62. The normalized spacial score (nSPS) is 14.2. The van der Waals surface area contributed by atoms with E-state index in [1.807, 2.05) is 0 Å². The van der Waals surface area contributed by atoms with Crippen molar-refractivity contribution in [1.29, 1.82) is 0 Å². The molecule has 1 unspecified atom stereocenters. The lowest BCUT2D eigenvalue weighted by molar-refractivity contribution is -0.138. The van der Waals surface area contributed by atoms with Crippen LogP contribution in [0.5, 0.6) is 0 Å². The first kappa shape index (κ1) is 9.91. The fraction of sp³-hybridized carbons (Fsp3) is 0.429. The Morgan fingerprint density at radius 3 is 2.08 bits per heavy atom. The predicted molar refractivity (Wildman–Crippen MR) is 39.6 cm³/mol. The summed E-state index contributed by atoms with van der Waals surface area (Å²) in [4.78, 5) is 6.98. The minimum atomic E-state index is -4.39. The summed E-state index contributed by atoms with van der Waals surface area (Å²) in [6, 6.07) is -0.456. The lowest BCUT2D eigenvalue weighted by Gasteiger charge is -2.07. The molecule has 0 bridgehead atoms. The molecule has 1 aromatic rings. The van der Waals surface area contributed by atoms with Crippen LogP contribution in [0, 0.1) is 0 Å². The van der Waals surface area contributed by atoms with Crippen LogP contribution in [0.15, 0.2) is 12.4 Å². The van der Waals surface area contributed by atoms with E-state index in [-0.39, 0.29) is 5.82 Å². The molecule has 0 saturated carbocycles. The first-order chi connectivity index (χ1) is 5.91. The number of aromatic nitrogens is 2. The van der Waals surface area contributed by atoms with Gasteiger partial charge in [-0.3, -0.25) is 0 Å². The molecule has 6 heteroatoms. The molecule has 0 aromatic carbocycles. The van der Waals surface area contributed by atoms with Gasteiger partial charge in [-0.2, -0.15) is 13.2 Å². The Morgan fingerprint density at radius 2 is 1.77 bits per heavy atom. The molecule has 0 radical (unpaired) electrons. The van der Waals surface area contributed by atoms with Crippen LogP contribution < -0.4 is 5.73 Å². The summed E-state index contributed by atoms with van der Waals surface area (Å²) in [5.41, 5.74) is 4.50. The van der Waals surface area contributed by atoms with Crippen molar-refractivity contribution in [1.82, 2.24) is 9.97 Å². The second kappa shape index (κ2) is 3.29. The Morgan fingerprint density at radius 1 is 1.31 bits per heavy atom. The highest BCUT2D eigenvalue weighted by molar-refractivity contribution is 5.10. The topological polar surface area (TPSA) is 51.8 Å². The summed E-state index contributed by atoms with van der Waals surface area (Å²) in [5.74, 6) is 0.202. The zero-order valence-corrected chi connectivity index (χ0v) is 6.84. The fourth-order valence-corrected chi connectivity index (χ4v) is 0.720. The average Bonchev–Trinajstić information content (AvgIpc) is 2.03. The molecule has 3 nitrogen and oxygen atoms in total. The molecule has 0 spiro atoms. The van der Waals surface area contributed by atoms with Gasteiger partial charge in [-0.15, -0.1) is 0 Å². The van der Waals surface area contributed by atoms with Crippen molar-refractivity contribution in [2.45, 2.75) is 19.1 Å². The van der Waals surface area contributed by atoms with Crippen LogP contribution in [-0.4, -0.2) is 9.97 Å². The zero-order valence-electron chi connectivity index (χ0n) is 6.84. The fourth-order valence-electron chi connectivity index (χ4n) is 0.720. The maximum atomic E-state index is 12.0. The van der Waals surface area contributed by atoms with Gasteiger partial charge < -0.3 is 5.73 Å². The van der Waals surface area contributed by atoms with Gasteiger partial charge in [0.25, 0.3) is 0 Å². The van der Waals surface area contributed by atoms with Crippen molar-refractivity contribution < 1.29 is 13.2 Å². The van der Waals surface area contributed by atoms with E-state index < -0.39 is 17.8 Å². The molecule has 0 fully saturated rings. The summed E-state index contributed by atoms with van der Waals surface area (Å²) >= 11 is 0. The monoisotopic (exact) mass is 191 g/mol. The van der Waals surface area contributed by atoms with E-state index in [1.165, 1.54) is 0 Å². The van der Waals surface area contributed by atoms with Crippen molar-refractivity contribution in [3.05, 3.63) is 23.8 Å². The Balaban J connectivity index is 2.94. The summed E-state index contributed by atoms with van der Waals surface area (Å²) < 4.78 is 36.0. The Bertz CT molecular complexity index is 278. The van der Waals surface area contributed by atoms with Gasteiger partial charge in [0.1, 0.15) is 5.82 Å². The third-order valence-corrected chi connectivity index (χ3v) is 1.41. The molecule has 1 rings (SSSR count). The molecular formula is C7H8F3N3. The molecule has 2 N–H and O–H groups in total. The van der Waals surface area contributed by atoms with E-state index in [0.717, 1.165) is 12.4 Å². The molecule has 72 valence electrons. The highest BCUT2D eigenvalue weighted by Crippen LogP contribution is 2.27. The zero-order chi connectivity index (χ0) is 10.1. The number of alkyl halides is 3. The number of rotatable bonds is 1. The van der Waals surface area contributed by atoms with Crippen LogP contribution in [0.3, 0.4) is 0 Å². The predicted octanol–water partition coefficient (Wildman–Crippen LogP) is 1.52. The van der Waals surface area contributed by atoms with Gasteiger partial charge in [0.2, 0.25) is 0 Å². The third-order valence-electron chi connectivity index (χ3n) is 1.41. The Kier molecular flexibility index (Phi) is 2.51. The lowest BCUT2D eigenvalue weighted by Crippen LogP contribution is -2.12. The second-order valence-electron chi connectivity index (χ2n) is 2.62. The smallest absolute Gasteiger partial charge is 0.322 e.